The van der Waals surface area contributed by atoms with E-state index < -0.39 is 0 Å². The van der Waals surface area contributed by atoms with Crippen LogP contribution in [0, 0.1) is 13.8 Å². The molecule has 6 heteroatoms. The molecule has 2 saturated heterocycles. The zero-order chi connectivity index (χ0) is 13.6. The van der Waals surface area contributed by atoms with Gasteiger partial charge in [-0.1, -0.05) is 0 Å². The van der Waals surface area contributed by atoms with Crippen molar-refractivity contribution >= 4 is 11.8 Å². The zero-order valence-corrected chi connectivity index (χ0v) is 11.3. The minimum Gasteiger partial charge on any atom is -0.336 e. The van der Waals surface area contributed by atoms with E-state index in [-0.39, 0.29) is 17.9 Å². The number of H-pyrrole nitrogens is 1. The Balaban J connectivity index is 1.78. The summed E-state index contributed by atoms with van der Waals surface area (Å²) in [6.07, 6.45) is 1.49. The Morgan fingerprint density at radius 2 is 2.16 bits per heavy atom. The predicted molar refractivity (Wildman–Crippen MR) is 68.7 cm³/mol. The summed E-state index contributed by atoms with van der Waals surface area (Å²) in [6, 6.07) is 0.206. The van der Waals surface area contributed by atoms with Crippen LogP contribution in [0.4, 0.5) is 0 Å². The number of amides is 2. The highest BCUT2D eigenvalue weighted by Crippen LogP contribution is 2.24. The summed E-state index contributed by atoms with van der Waals surface area (Å²) < 4.78 is 0. The fourth-order valence-electron chi connectivity index (χ4n) is 3.07. The smallest absolute Gasteiger partial charge is 0.257 e. The van der Waals surface area contributed by atoms with Crippen molar-refractivity contribution in [1.82, 2.24) is 20.0 Å². The normalized spacial score (nSPS) is 22.8. The lowest BCUT2D eigenvalue weighted by Crippen LogP contribution is -2.53. The molecule has 1 aromatic rings. The van der Waals surface area contributed by atoms with Crippen LogP contribution in [0.2, 0.25) is 0 Å². The van der Waals surface area contributed by atoms with Crippen LogP contribution < -0.4 is 0 Å². The van der Waals surface area contributed by atoms with Gasteiger partial charge in [0, 0.05) is 37.8 Å². The fourth-order valence-corrected chi connectivity index (χ4v) is 3.07. The second-order valence-electron chi connectivity index (χ2n) is 5.34. The van der Waals surface area contributed by atoms with E-state index in [1.807, 2.05) is 23.6 Å². The van der Waals surface area contributed by atoms with E-state index in [1.165, 1.54) is 0 Å². The molecule has 0 bridgehead atoms. The highest BCUT2D eigenvalue weighted by Gasteiger charge is 2.37. The zero-order valence-electron chi connectivity index (χ0n) is 11.3. The van der Waals surface area contributed by atoms with E-state index in [0.717, 1.165) is 17.8 Å². The minimum absolute atomic E-state index is 0.0303. The van der Waals surface area contributed by atoms with Gasteiger partial charge in [-0.15, -0.1) is 0 Å². The van der Waals surface area contributed by atoms with Gasteiger partial charge in [-0.05, 0) is 20.3 Å². The largest absolute Gasteiger partial charge is 0.336 e. The van der Waals surface area contributed by atoms with Crippen molar-refractivity contribution in [2.75, 3.05) is 19.6 Å². The number of aromatic nitrogens is 2. The number of carbonyl (C=O) groups excluding carboxylic acids is 2. The van der Waals surface area contributed by atoms with Crippen molar-refractivity contribution in [3.05, 3.63) is 17.0 Å². The number of nitrogens with zero attached hydrogens (tertiary/aromatic N) is 3. The third kappa shape index (κ3) is 1.91. The molecule has 0 aliphatic carbocycles. The third-order valence-corrected chi connectivity index (χ3v) is 4.12. The lowest BCUT2D eigenvalue weighted by atomic mass is 10.1. The lowest BCUT2D eigenvalue weighted by Gasteiger charge is -2.37. The molecule has 2 amide bonds. The molecule has 0 aromatic carbocycles. The monoisotopic (exact) mass is 262 g/mol. The summed E-state index contributed by atoms with van der Waals surface area (Å²) in [5.41, 5.74) is 2.23. The molecule has 3 heterocycles. The van der Waals surface area contributed by atoms with Crippen LogP contribution >= 0.6 is 0 Å². The number of aryl methyl sites for hydroxylation is 2. The fraction of sp³-hybridized carbons (Fsp3) is 0.615. The first-order valence-corrected chi connectivity index (χ1v) is 6.68. The Bertz CT molecular complexity index is 517. The third-order valence-electron chi connectivity index (χ3n) is 4.12. The van der Waals surface area contributed by atoms with E-state index >= 15 is 0 Å². The number of nitrogens with one attached hydrogen (secondary N) is 1. The van der Waals surface area contributed by atoms with Crippen LogP contribution in [-0.4, -0.2) is 57.5 Å². The first kappa shape index (κ1) is 12.2. The maximum Gasteiger partial charge on any atom is 0.257 e. The topological polar surface area (TPSA) is 69.3 Å². The molecule has 19 heavy (non-hydrogen) atoms. The van der Waals surface area contributed by atoms with Crippen LogP contribution in [-0.2, 0) is 4.79 Å². The predicted octanol–water partition coefficient (Wildman–Crippen LogP) is 0.473. The molecule has 1 aromatic heterocycles. The van der Waals surface area contributed by atoms with Crippen molar-refractivity contribution < 1.29 is 9.59 Å². The number of aromatic amines is 1. The highest BCUT2D eigenvalue weighted by atomic mass is 16.2. The first-order valence-electron chi connectivity index (χ1n) is 6.68. The number of carbonyl (C=O) groups is 2. The Labute approximate surface area is 111 Å². The van der Waals surface area contributed by atoms with Crippen LogP contribution in [0.3, 0.4) is 0 Å². The second-order valence-corrected chi connectivity index (χ2v) is 5.34. The van der Waals surface area contributed by atoms with Crippen LogP contribution in [0.15, 0.2) is 0 Å². The SMILES string of the molecule is Cc1n[nH]c(C)c1C(=O)N1CCN2C(=O)CCC2C1. The van der Waals surface area contributed by atoms with Gasteiger partial charge in [-0.3, -0.25) is 14.7 Å². The van der Waals surface area contributed by atoms with Crippen molar-refractivity contribution in [2.45, 2.75) is 32.7 Å². The average molecular weight is 262 g/mol. The lowest BCUT2D eigenvalue weighted by molar-refractivity contribution is -0.130. The molecule has 2 fully saturated rings. The van der Waals surface area contributed by atoms with Crippen molar-refractivity contribution in [2.24, 2.45) is 0 Å². The molecular weight excluding hydrogens is 244 g/mol. The van der Waals surface area contributed by atoms with Gasteiger partial charge in [0.05, 0.1) is 11.3 Å². The summed E-state index contributed by atoms with van der Waals surface area (Å²) >= 11 is 0. The van der Waals surface area contributed by atoms with Gasteiger partial charge in [0.1, 0.15) is 0 Å². The van der Waals surface area contributed by atoms with Crippen LogP contribution in [0.25, 0.3) is 0 Å². The van der Waals surface area contributed by atoms with Gasteiger partial charge in [0.15, 0.2) is 0 Å². The molecule has 1 N–H and O–H groups in total. The molecular formula is C13H18N4O2. The first-order chi connectivity index (χ1) is 9.08. The van der Waals surface area contributed by atoms with Gasteiger partial charge >= 0.3 is 0 Å². The Morgan fingerprint density at radius 3 is 2.84 bits per heavy atom. The number of rotatable bonds is 1. The van der Waals surface area contributed by atoms with E-state index in [0.29, 0.717) is 31.6 Å². The molecule has 2 aliphatic heterocycles. The number of fused-ring (bicyclic) bond motifs is 1. The van der Waals surface area contributed by atoms with E-state index in [9.17, 15) is 9.59 Å². The maximum atomic E-state index is 12.5. The molecule has 3 rings (SSSR count). The summed E-state index contributed by atoms with van der Waals surface area (Å²) in [7, 11) is 0. The average Bonchev–Trinajstić information content (AvgIpc) is 2.93. The van der Waals surface area contributed by atoms with E-state index in [2.05, 4.69) is 10.2 Å². The van der Waals surface area contributed by atoms with Crippen molar-refractivity contribution in [1.29, 1.82) is 0 Å². The summed E-state index contributed by atoms with van der Waals surface area (Å²) in [5, 5.41) is 6.92. The maximum absolute atomic E-state index is 12.5. The van der Waals surface area contributed by atoms with Crippen LogP contribution in [0.5, 0.6) is 0 Å². The van der Waals surface area contributed by atoms with E-state index in [4.69, 9.17) is 0 Å². The molecule has 1 unspecified atom stereocenters. The second kappa shape index (κ2) is 4.36. The molecule has 0 saturated carbocycles. The summed E-state index contributed by atoms with van der Waals surface area (Å²) in [6.45, 7) is 5.62. The van der Waals surface area contributed by atoms with E-state index in [1.54, 1.807) is 0 Å². The Morgan fingerprint density at radius 1 is 1.37 bits per heavy atom. The molecule has 0 spiro atoms. The van der Waals surface area contributed by atoms with Gasteiger partial charge in [-0.25, -0.2) is 0 Å². The molecule has 0 radical (unpaired) electrons. The number of hydrogen-bond donors (Lipinski definition) is 1. The van der Waals surface area contributed by atoms with Gasteiger partial charge < -0.3 is 9.80 Å². The summed E-state index contributed by atoms with van der Waals surface area (Å²) in [5.74, 6) is 0.260. The van der Waals surface area contributed by atoms with Crippen molar-refractivity contribution in [3.8, 4) is 0 Å². The standard InChI is InChI=1S/C13H18N4O2/c1-8-12(9(2)15-14-8)13(19)16-5-6-17-10(7-16)3-4-11(17)18/h10H,3-7H2,1-2H3,(H,14,15). The quantitative estimate of drug-likeness (QED) is 0.800. The van der Waals surface area contributed by atoms with Gasteiger partial charge in [-0.2, -0.15) is 5.10 Å². The number of piperazine rings is 1. The minimum atomic E-state index is 0.0303. The summed E-state index contributed by atoms with van der Waals surface area (Å²) in [4.78, 5) is 27.9. The Kier molecular flexibility index (Phi) is 2.80. The van der Waals surface area contributed by atoms with Gasteiger partial charge in [0.2, 0.25) is 5.91 Å². The van der Waals surface area contributed by atoms with Crippen LogP contribution in [0.1, 0.15) is 34.6 Å². The highest BCUT2D eigenvalue weighted by molar-refractivity contribution is 5.96. The Hall–Kier alpha value is -1.85. The molecule has 1 atom stereocenters. The molecule has 102 valence electrons. The van der Waals surface area contributed by atoms with Gasteiger partial charge in [0.25, 0.3) is 5.91 Å². The van der Waals surface area contributed by atoms with Crippen molar-refractivity contribution in [3.63, 3.8) is 0 Å². The molecule has 6 nitrogen and oxygen atoms in total. The molecule has 2 aliphatic rings. The number of hydrogen-bond acceptors (Lipinski definition) is 3.